The zero-order valence-electron chi connectivity index (χ0n) is 19.4. The minimum Gasteiger partial charge on any atom is -0.245 e. The average molecular weight is 470 g/mol. The first-order valence-electron chi connectivity index (χ1n) is 12.0. The number of nitrogens with zero attached hydrogens (tertiary/aromatic N) is 1. The van der Waals surface area contributed by atoms with Crippen LogP contribution in [0.5, 0.6) is 0 Å². The van der Waals surface area contributed by atoms with Gasteiger partial charge in [-0.15, -0.1) is 0 Å². The summed E-state index contributed by atoms with van der Waals surface area (Å²) in [4.78, 5) is 0. The van der Waals surface area contributed by atoms with Crippen molar-refractivity contribution in [1.29, 1.82) is 0 Å². The highest BCUT2D eigenvalue weighted by Crippen LogP contribution is 2.54. The highest BCUT2D eigenvalue weighted by molar-refractivity contribution is 7.84. The number of benzene rings is 4. The van der Waals surface area contributed by atoms with E-state index in [0.717, 1.165) is 6.54 Å². The Kier molecular flexibility index (Phi) is 9.26. The Morgan fingerprint density at radius 3 is 1.09 bits per heavy atom. The van der Waals surface area contributed by atoms with Gasteiger partial charge in [0.25, 0.3) is 0 Å². The predicted molar refractivity (Wildman–Crippen MR) is 149 cm³/mol. The van der Waals surface area contributed by atoms with Crippen LogP contribution in [-0.4, -0.2) is 11.0 Å². The quantitative estimate of drug-likeness (QED) is 0.169. The first-order chi connectivity index (χ1) is 16.4. The van der Waals surface area contributed by atoms with Crippen molar-refractivity contribution in [2.24, 2.45) is 0 Å². The molecule has 0 heterocycles. The maximum atomic E-state index is 2.86. The Balaban J connectivity index is 1.85. The van der Waals surface area contributed by atoms with Gasteiger partial charge in [-0.3, -0.25) is 0 Å². The number of rotatable bonds is 11. The molecule has 0 unspecified atom stereocenters. The molecule has 0 aliphatic heterocycles. The van der Waals surface area contributed by atoms with Gasteiger partial charge in [-0.25, -0.2) is 4.44 Å². The van der Waals surface area contributed by atoms with Gasteiger partial charge < -0.3 is 0 Å². The molecule has 0 N–H and O–H groups in total. The van der Waals surface area contributed by atoms with E-state index in [0.29, 0.717) is 0 Å². The zero-order chi connectivity index (χ0) is 22.7. The van der Waals surface area contributed by atoms with E-state index in [1.807, 2.05) is 0 Å². The van der Waals surface area contributed by atoms with E-state index in [-0.39, 0.29) is 0 Å². The molecule has 0 fully saturated rings. The first kappa shape index (κ1) is 23.8. The van der Waals surface area contributed by atoms with Crippen LogP contribution in [0, 0.1) is 0 Å². The third-order valence-electron chi connectivity index (χ3n) is 5.68. The molecule has 168 valence electrons. The molecule has 0 saturated carbocycles. The normalized spacial score (nSPS) is 11.4. The van der Waals surface area contributed by atoms with E-state index in [9.17, 15) is 0 Å². The molecule has 0 radical (unpaired) electrons. The van der Waals surface area contributed by atoms with Crippen LogP contribution in [0.3, 0.4) is 0 Å². The van der Waals surface area contributed by atoms with Crippen molar-refractivity contribution < 1.29 is 0 Å². The zero-order valence-corrected chi connectivity index (χ0v) is 21.2. The molecule has 4 aromatic rings. The van der Waals surface area contributed by atoms with E-state index in [4.69, 9.17) is 0 Å². The highest BCUT2D eigenvalue weighted by atomic mass is 31.2. The van der Waals surface area contributed by atoms with Gasteiger partial charge in [-0.05, 0) is 27.6 Å². The molecule has 4 aromatic carbocycles. The van der Waals surface area contributed by atoms with E-state index >= 15 is 0 Å². The van der Waals surface area contributed by atoms with E-state index < -0.39 is 16.1 Å². The summed E-state index contributed by atoms with van der Waals surface area (Å²) in [6, 6.07) is 44.6. The third-order valence-corrected chi connectivity index (χ3v) is 11.2. The van der Waals surface area contributed by atoms with Crippen LogP contribution in [0.2, 0.25) is 0 Å². The minimum absolute atomic E-state index is 0.660. The van der Waals surface area contributed by atoms with Crippen molar-refractivity contribution >= 4 is 37.4 Å². The monoisotopic (exact) mass is 469 g/mol. The fourth-order valence-electron chi connectivity index (χ4n) is 4.08. The SMILES string of the molecule is CCCCCCN(P(c1ccccc1)c1ccccc1)P(c1ccccc1)c1ccccc1. The van der Waals surface area contributed by atoms with Crippen molar-refractivity contribution in [2.45, 2.75) is 32.6 Å². The van der Waals surface area contributed by atoms with Gasteiger partial charge in [0, 0.05) is 22.7 Å². The molecule has 0 aliphatic carbocycles. The number of hydrogen-bond donors (Lipinski definition) is 0. The summed E-state index contributed by atoms with van der Waals surface area (Å²) in [5.74, 6) is 0. The Hall–Kier alpha value is -2.30. The van der Waals surface area contributed by atoms with Crippen LogP contribution >= 0.6 is 16.1 Å². The highest BCUT2D eigenvalue weighted by Gasteiger charge is 2.31. The Labute approximate surface area is 202 Å². The van der Waals surface area contributed by atoms with Gasteiger partial charge in [-0.1, -0.05) is 148 Å². The standard InChI is InChI=1S/C30H33NP2/c1-2-3-4-17-26-31(32(27-18-9-5-10-19-27)28-20-11-6-12-21-28)33(29-22-13-7-14-23-29)30-24-15-8-16-25-30/h5-16,18-25H,2-4,17,26H2,1H3. The smallest absolute Gasteiger partial charge is 0.0323 e. The average Bonchev–Trinajstić information content (AvgIpc) is 2.89. The van der Waals surface area contributed by atoms with Gasteiger partial charge in [0.2, 0.25) is 0 Å². The third kappa shape index (κ3) is 6.39. The van der Waals surface area contributed by atoms with Gasteiger partial charge in [0.05, 0.1) is 0 Å². The van der Waals surface area contributed by atoms with Crippen molar-refractivity contribution in [3.05, 3.63) is 121 Å². The second kappa shape index (κ2) is 12.8. The molecular formula is C30H33NP2. The fourth-order valence-corrected chi connectivity index (χ4v) is 10.2. The van der Waals surface area contributed by atoms with Crippen LogP contribution < -0.4 is 21.2 Å². The molecular weight excluding hydrogens is 436 g/mol. The molecule has 0 spiro atoms. The summed E-state index contributed by atoms with van der Waals surface area (Å²) in [5, 5.41) is 5.70. The molecule has 0 aliphatic rings. The summed E-state index contributed by atoms with van der Waals surface area (Å²) in [7, 11) is -1.32. The maximum absolute atomic E-state index is 2.86. The van der Waals surface area contributed by atoms with E-state index in [1.54, 1.807) is 0 Å². The van der Waals surface area contributed by atoms with Crippen molar-refractivity contribution in [3.8, 4) is 0 Å². The Morgan fingerprint density at radius 1 is 0.455 bits per heavy atom. The molecule has 0 aromatic heterocycles. The van der Waals surface area contributed by atoms with E-state index in [2.05, 4.69) is 133 Å². The Bertz CT molecular complexity index is 893. The minimum atomic E-state index is -0.660. The molecule has 0 bridgehead atoms. The molecule has 3 heteroatoms. The molecule has 1 nitrogen and oxygen atoms in total. The lowest BCUT2D eigenvalue weighted by molar-refractivity contribution is 0.596. The van der Waals surface area contributed by atoms with Crippen LogP contribution in [0.15, 0.2) is 121 Å². The van der Waals surface area contributed by atoms with Gasteiger partial charge in [0.1, 0.15) is 0 Å². The summed E-state index contributed by atoms with van der Waals surface area (Å²) in [5.41, 5.74) is 0. The summed E-state index contributed by atoms with van der Waals surface area (Å²) >= 11 is 0. The lowest BCUT2D eigenvalue weighted by atomic mass is 10.2. The van der Waals surface area contributed by atoms with Gasteiger partial charge >= 0.3 is 0 Å². The van der Waals surface area contributed by atoms with Gasteiger partial charge in [-0.2, -0.15) is 0 Å². The van der Waals surface area contributed by atoms with Crippen molar-refractivity contribution in [2.75, 3.05) is 6.54 Å². The molecule has 0 amide bonds. The van der Waals surface area contributed by atoms with Crippen LogP contribution in [-0.2, 0) is 0 Å². The van der Waals surface area contributed by atoms with Crippen molar-refractivity contribution in [1.82, 2.24) is 4.44 Å². The summed E-state index contributed by atoms with van der Waals surface area (Å²) in [6.07, 6.45) is 5.08. The first-order valence-corrected chi connectivity index (χ1v) is 14.5. The van der Waals surface area contributed by atoms with Crippen LogP contribution in [0.1, 0.15) is 32.6 Å². The van der Waals surface area contributed by atoms with Crippen LogP contribution in [0.25, 0.3) is 0 Å². The molecule has 0 saturated heterocycles. The lowest BCUT2D eigenvalue weighted by Gasteiger charge is -2.39. The molecule has 33 heavy (non-hydrogen) atoms. The fraction of sp³-hybridized carbons (Fsp3) is 0.200. The maximum Gasteiger partial charge on any atom is 0.0323 e. The second-order valence-electron chi connectivity index (χ2n) is 8.12. The Morgan fingerprint density at radius 2 is 0.788 bits per heavy atom. The number of hydrogen-bond acceptors (Lipinski definition) is 1. The summed E-state index contributed by atoms with van der Waals surface area (Å²) in [6.45, 7) is 3.39. The second-order valence-corrected chi connectivity index (χ2v) is 12.7. The summed E-state index contributed by atoms with van der Waals surface area (Å²) < 4.78 is 2.86. The van der Waals surface area contributed by atoms with E-state index in [1.165, 1.54) is 46.9 Å². The largest absolute Gasteiger partial charge is 0.245 e. The van der Waals surface area contributed by atoms with Gasteiger partial charge in [0.15, 0.2) is 0 Å². The molecule has 0 atom stereocenters. The topological polar surface area (TPSA) is 3.24 Å². The van der Waals surface area contributed by atoms with Crippen molar-refractivity contribution in [3.63, 3.8) is 0 Å². The number of unbranched alkanes of at least 4 members (excludes halogenated alkanes) is 3. The predicted octanol–water partition coefficient (Wildman–Crippen LogP) is 6.96. The lowest BCUT2D eigenvalue weighted by Crippen LogP contribution is -2.32. The molecule has 4 rings (SSSR count). The van der Waals surface area contributed by atoms with Crippen LogP contribution in [0.4, 0.5) is 0 Å².